The zero-order chi connectivity index (χ0) is 21.5. The standard InChI is InChI=1S/C24H22N4O2S/c1-30-20-11-7-10-19(14-20)15-25-27-23(29)17-31-24-26-21-12-5-6-13-22(21)28(24)16-18-8-3-2-4-9-18/h2-15H,16-17H2,1H3,(H,27,29)/b25-15+. The van der Waals surface area contributed by atoms with Crippen molar-refractivity contribution in [1.82, 2.24) is 15.0 Å². The molecule has 0 spiro atoms. The molecular formula is C24H22N4O2S. The van der Waals surface area contributed by atoms with E-state index in [0.717, 1.165) is 27.5 Å². The highest BCUT2D eigenvalue weighted by Gasteiger charge is 2.13. The number of hydrogen-bond donors (Lipinski definition) is 1. The molecular weight excluding hydrogens is 408 g/mol. The average molecular weight is 431 g/mol. The van der Waals surface area contributed by atoms with E-state index in [1.165, 1.54) is 17.3 Å². The molecule has 1 heterocycles. The molecule has 0 saturated carbocycles. The molecule has 0 unspecified atom stereocenters. The first kappa shape index (κ1) is 20.7. The number of hydrogen-bond acceptors (Lipinski definition) is 5. The molecule has 0 atom stereocenters. The molecule has 7 heteroatoms. The van der Waals surface area contributed by atoms with Crippen LogP contribution in [0.25, 0.3) is 11.0 Å². The van der Waals surface area contributed by atoms with Crippen LogP contribution in [0.15, 0.2) is 89.1 Å². The number of benzene rings is 3. The van der Waals surface area contributed by atoms with Crippen molar-refractivity contribution in [1.29, 1.82) is 0 Å². The van der Waals surface area contributed by atoms with E-state index >= 15 is 0 Å². The van der Waals surface area contributed by atoms with E-state index < -0.39 is 0 Å². The number of nitrogens with one attached hydrogen (secondary N) is 1. The number of amides is 1. The summed E-state index contributed by atoms with van der Waals surface area (Å²) in [5, 5.41) is 4.84. The molecule has 1 amide bonds. The van der Waals surface area contributed by atoms with Gasteiger partial charge in [-0.2, -0.15) is 5.10 Å². The fourth-order valence-corrected chi connectivity index (χ4v) is 3.95. The number of aromatic nitrogens is 2. The van der Waals surface area contributed by atoms with Gasteiger partial charge < -0.3 is 9.30 Å². The Morgan fingerprint density at radius 3 is 2.74 bits per heavy atom. The number of rotatable bonds is 8. The number of carbonyl (C=O) groups excluding carboxylic acids is 1. The maximum absolute atomic E-state index is 12.3. The van der Waals surface area contributed by atoms with Crippen LogP contribution in [0, 0.1) is 0 Å². The second-order valence-corrected chi connectivity index (χ2v) is 7.76. The molecule has 4 aromatic rings. The smallest absolute Gasteiger partial charge is 0.250 e. The molecule has 1 aromatic heterocycles. The Morgan fingerprint density at radius 1 is 1.10 bits per heavy atom. The van der Waals surface area contributed by atoms with Crippen LogP contribution in [0.5, 0.6) is 5.75 Å². The van der Waals surface area contributed by atoms with Crippen LogP contribution in [-0.2, 0) is 11.3 Å². The Bertz CT molecular complexity index is 1200. The van der Waals surface area contributed by atoms with E-state index in [-0.39, 0.29) is 11.7 Å². The van der Waals surface area contributed by atoms with Crippen LogP contribution in [0.3, 0.4) is 0 Å². The largest absolute Gasteiger partial charge is 0.497 e. The molecule has 3 aromatic carbocycles. The normalized spacial score (nSPS) is 11.1. The monoisotopic (exact) mass is 430 g/mol. The highest BCUT2D eigenvalue weighted by atomic mass is 32.2. The number of fused-ring (bicyclic) bond motifs is 1. The predicted molar refractivity (Wildman–Crippen MR) is 125 cm³/mol. The van der Waals surface area contributed by atoms with Crippen LogP contribution in [0.2, 0.25) is 0 Å². The molecule has 156 valence electrons. The summed E-state index contributed by atoms with van der Waals surface area (Å²) in [5.41, 5.74) is 6.56. The van der Waals surface area contributed by atoms with Gasteiger partial charge in [0.15, 0.2) is 5.16 Å². The minimum Gasteiger partial charge on any atom is -0.497 e. The minimum atomic E-state index is -0.192. The summed E-state index contributed by atoms with van der Waals surface area (Å²) in [6.07, 6.45) is 1.59. The van der Waals surface area contributed by atoms with E-state index in [2.05, 4.69) is 27.2 Å². The Kier molecular flexibility index (Phi) is 6.64. The zero-order valence-corrected chi connectivity index (χ0v) is 17.9. The lowest BCUT2D eigenvalue weighted by atomic mass is 10.2. The Balaban J connectivity index is 1.43. The van der Waals surface area contributed by atoms with E-state index in [4.69, 9.17) is 9.72 Å². The van der Waals surface area contributed by atoms with Crippen LogP contribution in [0.1, 0.15) is 11.1 Å². The third kappa shape index (κ3) is 5.32. The first-order chi connectivity index (χ1) is 15.2. The Labute approximate surface area is 185 Å². The molecule has 1 N–H and O–H groups in total. The van der Waals surface area contributed by atoms with Crippen molar-refractivity contribution in [2.24, 2.45) is 5.10 Å². The summed E-state index contributed by atoms with van der Waals surface area (Å²) in [4.78, 5) is 17.0. The van der Waals surface area contributed by atoms with E-state index in [1.807, 2.05) is 66.7 Å². The number of nitrogens with zero attached hydrogens (tertiary/aromatic N) is 3. The van der Waals surface area contributed by atoms with Gasteiger partial charge in [-0.25, -0.2) is 10.4 Å². The number of methoxy groups -OCH3 is 1. The Morgan fingerprint density at radius 2 is 1.90 bits per heavy atom. The van der Waals surface area contributed by atoms with E-state index in [0.29, 0.717) is 6.54 Å². The van der Waals surface area contributed by atoms with Crippen molar-refractivity contribution in [3.63, 3.8) is 0 Å². The van der Waals surface area contributed by atoms with Crippen LogP contribution < -0.4 is 10.2 Å². The minimum absolute atomic E-state index is 0.192. The van der Waals surface area contributed by atoms with Gasteiger partial charge in [-0.15, -0.1) is 0 Å². The van der Waals surface area contributed by atoms with Gasteiger partial charge in [0.2, 0.25) is 0 Å². The van der Waals surface area contributed by atoms with Gasteiger partial charge in [-0.05, 0) is 35.4 Å². The highest BCUT2D eigenvalue weighted by molar-refractivity contribution is 7.99. The van der Waals surface area contributed by atoms with Crippen molar-refractivity contribution >= 4 is 34.9 Å². The molecule has 0 aliphatic rings. The number of carbonyl (C=O) groups is 1. The first-order valence-corrected chi connectivity index (χ1v) is 10.8. The molecule has 0 fully saturated rings. The lowest BCUT2D eigenvalue weighted by Crippen LogP contribution is -2.20. The third-order valence-corrected chi connectivity index (χ3v) is 5.61. The fourth-order valence-electron chi connectivity index (χ4n) is 3.15. The Hall–Kier alpha value is -3.58. The molecule has 0 saturated heterocycles. The molecule has 0 aliphatic heterocycles. The molecule has 0 bridgehead atoms. The fraction of sp³-hybridized carbons (Fsp3) is 0.125. The number of imidazole rings is 1. The quantitative estimate of drug-likeness (QED) is 0.257. The van der Waals surface area contributed by atoms with Crippen molar-refractivity contribution in [3.8, 4) is 5.75 Å². The zero-order valence-electron chi connectivity index (χ0n) is 17.1. The van der Waals surface area contributed by atoms with Gasteiger partial charge in [0.1, 0.15) is 5.75 Å². The van der Waals surface area contributed by atoms with Crippen molar-refractivity contribution in [2.45, 2.75) is 11.7 Å². The summed E-state index contributed by atoms with van der Waals surface area (Å²) in [6, 6.07) is 25.7. The lowest BCUT2D eigenvalue weighted by molar-refractivity contribution is -0.118. The molecule has 0 radical (unpaired) electrons. The van der Waals surface area contributed by atoms with E-state index in [1.54, 1.807) is 13.3 Å². The topological polar surface area (TPSA) is 68.5 Å². The lowest BCUT2D eigenvalue weighted by Gasteiger charge is -2.09. The average Bonchev–Trinajstić information content (AvgIpc) is 3.16. The summed E-state index contributed by atoms with van der Waals surface area (Å²) in [7, 11) is 1.61. The van der Waals surface area contributed by atoms with Gasteiger partial charge in [-0.1, -0.05) is 66.4 Å². The van der Waals surface area contributed by atoms with Gasteiger partial charge in [0.05, 0.1) is 36.7 Å². The van der Waals surface area contributed by atoms with Crippen molar-refractivity contribution < 1.29 is 9.53 Å². The third-order valence-electron chi connectivity index (χ3n) is 4.63. The summed E-state index contributed by atoms with van der Waals surface area (Å²) in [6.45, 7) is 0.694. The summed E-state index contributed by atoms with van der Waals surface area (Å²) < 4.78 is 7.33. The van der Waals surface area contributed by atoms with Crippen LogP contribution in [-0.4, -0.2) is 34.5 Å². The van der Waals surface area contributed by atoms with Gasteiger partial charge in [0.25, 0.3) is 5.91 Å². The second kappa shape index (κ2) is 9.95. The van der Waals surface area contributed by atoms with Gasteiger partial charge in [0, 0.05) is 0 Å². The van der Waals surface area contributed by atoms with Crippen molar-refractivity contribution in [2.75, 3.05) is 12.9 Å². The molecule has 4 rings (SSSR count). The van der Waals surface area contributed by atoms with E-state index in [9.17, 15) is 4.79 Å². The number of thioether (sulfide) groups is 1. The molecule has 31 heavy (non-hydrogen) atoms. The predicted octanol–water partition coefficient (Wildman–Crippen LogP) is 4.34. The summed E-state index contributed by atoms with van der Waals surface area (Å²) >= 11 is 1.40. The number of ether oxygens (including phenoxy) is 1. The van der Waals surface area contributed by atoms with Crippen LogP contribution in [0.4, 0.5) is 0 Å². The summed E-state index contributed by atoms with van der Waals surface area (Å²) in [5.74, 6) is 0.763. The van der Waals surface area contributed by atoms with Crippen molar-refractivity contribution in [3.05, 3.63) is 90.0 Å². The first-order valence-electron chi connectivity index (χ1n) is 9.81. The van der Waals surface area contributed by atoms with Crippen LogP contribution >= 0.6 is 11.8 Å². The van der Waals surface area contributed by atoms with Gasteiger partial charge in [-0.3, -0.25) is 4.79 Å². The second-order valence-electron chi connectivity index (χ2n) is 6.81. The number of para-hydroxylation sites is 2. The molecule has 0 aliphatic carbocycles. The highest BCUT2D eigenvalue weighted by Crippen LogP contribution is 2.25. The maximum Gasteiger partial charge on any atom is 0.250 e. The SMILES string of the molecule is COc1cccc(/C=N/NC(=O)CSc2nc3ccccc3n2Cc2ccccc2)c1. The number of hydrazone groups is 1. The molecule has 6 nitrogen and oxygen atoms in total. The van der Waals surface area contributed by atoms with Gasteiger partial charge >= 0.3 is 0 Å². The maximum atomic E-state index is 12.3.